The number of imide groups is 1. The summed E-state index contributed by atoms with van der Waals surface area (Å²) >= 11 is 0.952. The maximum Gasteiger partial charge on any atom is 0.344 e. The van der Waals surface area contributed by atoms with E-state index in [1.165, 1.54) is 12.1 Å². The third-order valence-electron chi connectivity index (χ3n) is 1.94. The van der Waals surface area contributed by atoms with Crippen LogP contribution in [0.1, 0.15) is 0 Å². The molecule has 90 valence electrons. The van der Waals surface area contributed by atoms with E-state index in [2.05, 4.69) is 10.3 Å². The van der Waals surface area contributed by atoms with Crippen molar-refractivity contribution in [2.24, 2.45) is 16.1 Å². The lowest BCUT2D eigenvalue weighted by Gasteiger charge is -2.07. The molecule has 1 aromatic rings. The van der Waals surface area contributed by atoms with Gasteiger partial charge in [0.1, 0.15) is 4.21 Å². The number of hydrogen-bond donors (Lipinski definition) is 1. The molecule has 0 aromatic carbocycles. The van der Waals surface area contributed by atoms with E-state index in [-0.39, 0.29) is 9.22 Å². The third-order valence-corrected chi connectivity index (χ3v) is 5.17. The van der Waals surface area contributed by atoms with E-state index in [9.17, 15) is 18.0 Å². The topological polar surface area (TPSA) is 122 Å². The molecule has 0 saturated heterocycles. The molecule has 0 bridgehead atoms. The first kappa shape index (κ1) is 11.7. The highest BCUT2D eigenvalue weighted by molar-refractivity contribution is 7.94. The van der Waals surface area contributed by atoms with E-state index in [1.807, 2.05) is 0 Å². The number of nitrogens with zero attached hydrogens (tertiary/aromatic N) is 3. The Bertz CT molecular complexity index is 591. The first-order chi connectivity index (χ1) is 7.94. The van der Waals surface area contributed by atoms with Crippen LogP contribution in [0.15, 0.2) is 32.1 Å². The Balaban J connectivity index is 2.36. The molecule has 8 nitrogen and oxygen atoms in total. The van der Waals surface area contributed by atoms with E-state index < -0.39 is 27.1 Å². The number of thiophene rings is 1. The van der Waals surface area contributed by atoms with Crippen molar-refractivity contribution in [3.8, 4) is 0 Å². The summed E-state index contributed by atoms with van der Waals surface area (Å²) in [7, 11) is -3.95. The lowest BCUT2D eigenvalue weighted by atomic mass is 10.6. The number of sulfone groups is 1. The first-order valence-electron chi connectivity index (χ1n) is 4.26. The molecule has 0 spiro atoms. The number of carbonyl (C=O) groups is 2. The molecule has 1 atom stereocenters. The third kappa shape index (κ3) is 1.80. The van der Waals surface area contributed by atoms with Gasteiger partial charge in [0.15, 0.2) is 0 Å². The highest BCUT2D eigenvalue weighted by atomic mass is 32.2. The van der Waals surface area contributed by atoms with Crippen LogP contribution in [0.4, 0.5) is 4.79 Å². The summed E-state index contributed by atoms with van der Waals surface area (Å²) in [5.74, 6) is -1.06. The molecular weight excluding hydrogens is 268 g/mol. The maximum atomic E-state index is 11.9. The van der Waals surface area contributed by atoms with E-state index in [4.69, 9.17) is 5.73 Å². The van der Waals surface area contributed by atoms with Crippen molar-refractivity contribution in [2.75, 3.05) is 0 Å². The molecular formula is C7H6N4O4S2. The zero-order valence-electron chi connectivity index (χ0n) is 8.18. The van der Waals surface area contributed by atoms with Crippen LogP contribution in [-0.4, -0.2) is 30.7 Å². The average molecular weight is 274 g/mol. The van der Waals surface area contributed by atoms with Gasteiger partial charge >= 0.3 is 6.03 Å². The fourth-order valence-corrected chi connectivity index (χ4v) is 3.62. The van der Waals surface area contributed by atoms with Crippen molar-refractivity contribution in [1.29, 1.82) is 0 Å². The van der Waals surface area contributed by atoms with Crippen molar-refractivity contribution in [3.63, 3.8) is 0 Å². The van der Waals surface area contributed by atoms with Gasteiger partial charge in [-0.25, -0.2) is 13.2 Å². The summed E-state index contributed by atoms with van der Waals surface area (Å²) in [5.41, 5.74) is 4.83. The van der Waals surface area contributed by atoms with Crippen LogP contribution in [0.25, 0.3) is 0 Å². The number of rotatable bonds is 2. The number of amides is 3. The Morgan fingerprint density at radius 2 is 2.24 bits per heavy atom. The van der Waals surface area contributed by atoms with E-state index in [1.54, 1.807) is 5.38 Å². The Kier molecular flexibility index (Phi) is 2.67. The van der Waals surface area contributed by atoms with E-state index in [0.717, 1.165) is 11.3 Å². The van der Waals surface area contributed by atoms with Gasteiger partial charge in [0.05, 0.1) is 0 Å². The summed E-state index contributed by atoms with van der Waals surface area (Å²) < 4.78 is 23.8. The normalized spacial score (nSPS) is 19.9. The van der Waals surface area contributed by atoms with Crippen molar-refractivity contribution in [1.82, 2.24) is 5.01 Å². The lowest BCUT2D eigenvalue weighted by Crippen LogP contribution is -2.40. The van der Waals surface area contributed by atoms with Gasteiger partial charge in [0.25, 0.3) is 11.3 Å². The van der Waals surface area contributed by atoms with Crippen LogP contribution in [0.3, 0.4) is 0 Å². The van der Waals surface area contributed by atoms with Crippen LogP contribution in [0, 0.1) is 0 Å². The molecule has 0 fully saturated rings. The number of primary amides is 1. The van der Waals surface area contributed by atoms with Crippen LogP contribution < -0.4 is 5.73 Å². The summed E-state index contributed by atoms with van der Waals surface area (Å²) in [6.07, 6.45) is 0. The zero-order valence-corrected chi connectivity index (χ0v) is 9.81. The molecule has 1 aliphatic rings. The van der Waals surface area contributed by atoms with E-state index >= 15 is 0 Å². The van der Waals surface area contributed by atoms with Gasteiger partial charge in [-0.1, -0.05) is 11.3 Å². The summed E-state index contributed by atoms with van der Waals surface area (Å²) in [5, 5.41) is 6.45. The van der Waals surface area contributed by atoms with E-state index in [0.29, 0.717) is 0 Å². The molecule has 1 unspecified atom stereocenters. The van der Waals surface area contributed by atoms with Crippen LogP contribution >= 0.6 is 11.3 Å². The Morgan fingerprint density at radius 1 is 1.53 bits per heavy atom. The highest BCUT2D eigenvalue weighted by Gasteiger charge is 2.44. The maximum absolute atomic E-state index is 11.9. The minimum Gasteiger partial charge on any atom is -0.350 e. The first-order valence-corrected chi connectivity index (χ1v) is 6.69. The van der Waals surface area contributed by atoms with Gasteiger partial charge in [-0.3, -0.25) is 4.79 Å². The molecule has 0 aliphatic carbocycles. The van der Waals surface area contributed by atoms with Gasteiger partial charge < -0.3 is 5.73 Å². The van der Waals surface area contributed by atoms with Crippen LogP contribution in [0.5, 0.6) is 0 Å². The Hall–Kier alpha value is -1.81. The predicted molar refractivity (Wildman–Crippen MR) is 56.6 cm³/mol. The zero-order chi connectivity index (χ0) is 12.6. The monoisotopic (exact) mass is 274 g/mol. The Morgan fingerprint density at radius 3 is 2.71 bits per heavy atom. The minimum atomic E-state index is -3.95. The molecule has 0 radical (unpaired) electrons. The smallest absolute Gasteiger partial charge is 0.344 e. The molecule has 1 aliphatic heterocycles. The standard InChI is InChI=1S/C7H6N4O4S2/c8-7(13)11-6(12)5(9-10-11)17(14,15)4-2-1-3-16-4/h1-3,5H,(H2,8,13). The van der Waals surface area contributed by atoms with Crippen LogP contribution in [-0.2, 0) is 14.6 Å². The summed E-state index contributed by atoms with van der Waals surface area (Å²) in [6.45, 7) is 0. The number of nitrogens with two attached hydrogens (primary N) is 1. The largest absolute Gasteiger partial charge is 0.350 e. The second-order valence-electron chi connectivity index (χ2n) is 3.02. The van der Waals surface area contributed by atoms with Gasteiger partial charge in [-0.15, -0.1) is 21.5 Å². The summed E-state index contributed by atoms with van der Waals surface area (Å²) in [4.78, 5) is 22.3. The average Bonchev–Trinajstić information content (AvgIpc) is 2.84. The van der Waals surface area contributed by atoms with Crippen LogP contribution in [0.2, 0.25) is 0 Å². The number of hydrogen-bond acceptors (Lipinski definition) is 7. The highest BCUT2D eigenvalue weighted by Crippen LogP contribution is 2.26. The Labute approximate surface area is 99.6 Å². The molecule has 17 heavy (non-hydrogen) atoms. The number of carbonyl (C=O) groups excluding carboxylic acids is 2. The second-order valence-corrected chi connectivity index (χ2v) is 6.21. The quantitative estimate of drug-likeness (QED) is 0.823. The predicted octanol–water partition coefficient (Wildman–Crippen LogP) is 0.136. The summed E-state index contributed by atoms with van der Waals surface area (Å²) in [6, 6.07) is 1.71. The molecule has 10 heteroatoms. The van der Waals surface area contributed by atoms with Crippen molar-refractivity contribution in [3.05, 3.63) is 17.5 Å². The van der Waals surface area contributed by atoms with Gasteiger partial charge in [0.2, 0.25) is 9.84 Å². The molecule has 3 amide bonds. The molecule has 0 saturated carbocycles. The van der Waals surface area contributed by atoms with Gasteiger partial charge in [0, 0.05) is 0 Å². The SMILES string of the molecule is NC(=O)N1N=NC(S(=O)(=O)c2cccs2)C1=O. The minimum absolute atomic E-state index is 0.0129. The van der Waals surface area contributed by atoms with Gasteiger partial charge in [-0.2, -0.15) is 0 Å². The van der Waals surface area contributed by atoms with Crippen molar-refractivity contribution in [2.45, 2.75) is 9.58 Å². The molecule has 1 aromatic heterocycles. The fraction of sp³-hybridized carbons (Fsp3) is 0.143. The molecule has 2 heterocycles. The second kappa shape index (κ2) is 3.89. The fourth-order valence-electron chi connectivity index (χ4n) is 1.18. The molecule has 2 rings (SSSR count). The number of urea groups is 1. The van der Waals surface area contributed by atoms with Crippen molar-refractivity contribution >= 4 is 33.1 Å². The van der Waals surface area contributed by atoms with Gasteiger partial charge in [-0.05, 0) is 11.4 Å². The van der Waals surface area contributed by atoms with Crippen molar-refractivity contribution < 1.29 is 18.0 Å². The molecule has 2 N–H and O–H groups in total. The lowest BCUT2D eigenvalue weighted by molar-refractivity contribution is -0.125.